The molecule has 0 fully saturated rings. The summed E-state index contributed by atoms with van der Waals surface area (Å²) >= 11 is 0. The molecular weight excluding hydrogens is 236 g/mol. The molecule has 0 aliphatic heterocycles. The number of ether oxygens (including phenoxy) is 2. The number of hydrogen-bond acceptors (Lipinski definition) is 5. The Hall–Kier alpha value is -1.79. The second-order valence-electron chi connectivity index (χ2n) is 3.75. The highest BCUT2D eigenvalue weighted by molar-refractivity contribution is 5.96. The number of methoxy groups -OCH3 is 2. The van der Waals surface area contributed by atoms with E-state index in [1.54, 1.807) is 19.2 Å². The van der Waals surface area contributed by atoms with Crippen LogP contribution in [-0.4, -0.2) is 37.9 Å². The SMILES string of the molecule is COc1ccc(NC(=O)C(N)CO)c(OC)c1C. The number of aliphatic hydroxyl groups excluding tert-OH is 1. The van der Waals surface area contributed by atoms with Gasteiger partial charge < -0.3 is 25.6 Å². The number of nitrogens with two attached hydrogens (primary N) is 1. The number of anilines is 1. The van der Waals surface area contributed by atoms with Gasteiger partial charge in [-0.15, -0.1) is 0 Å². The van der Waals surface area contributed by atoms with Gasteiger partial charge in [-0.1, -0.05) is 0 Å². The molecule has 4 N–H and O–H groups in total. The zero-order valence-electron chi connectivity index (χ0n) is 10.7. The Labute approximate surface area is 106 Å². The van der Waals surface area contributed by atoms with E-state index >= 15 is 0 Å². The Morgan fingerprint density at radius 1 is 1.44 bits per heavy atom. The van der Waals surface area contributed by atoms with Gasteiger partial charge in [-0.3, -0.25) is 4.79 Å². The van der Waals surface area contributed by atoms with E-state index in [4.69, 9.17) is 20.3 Å². The maximum Gasteiger partial charge on any atom is 0.243 e. The highest BCUT2D eigenvalue weighted by Crippen LogP contribution is 2.34. The Morgan fingerprint density at radius 2 is 2.11 bits per heavy atom. The first-order chi connectivity index (χ1) is 8.54. The number of aliphatic hydroxyl groups is 1. The molecule has 100 valence electrons. The lowest BCUT2D eigenvalue weighted by atomic mass is 10.1. The summed E-state index contributed by atoms with van der Waals surface area (Å²) in [4.78, 5) is 11.6. The van der Waals surface area contributed by atoms with Crippen molar-refractivity contribution in [1.29, 1.82) is 0 Å². The van der Waals surface area contributed by atoms with Crippen molar-refractivity contribution < 1.29 is 19.4 Å². The summed E-state index contributed by atoms with van der Waals surface area (Å²) in [5, 5.41) is 11.4. The van der Waals surface area contributed by atoms with E-state index in [0.717, 1.165) is 5.56 Å². The molecule has 0 aromatic heterocycles. The fourth-order valence-electron chi connectivity index (χ4n) is 1.56. The first-order valence-electron chi connectivity index (χ1n) is 5.44. The summed E-state index contributed by atoms with van der Waals surface area (Å²) in [5.74, 6) is 0.699. The van der Waals surface area contributed by atoms with Crippen LogP contribution in [0.15, 0.2) is 12.1 Å². The molecule has 0 bridgehead atoms. The zero-order valence-corrected chi connectivity index (χ0v) is 10.7. The third-order valence-electron chi connectivity index (χ3n) is 2.57. The van der Waals surface area contributed by atoms with Gasteiger partial charge >= 0.3 is 0 Å². The van der Waals surface area contributed by atoms with Gasteiger partial charge in [0.2, 0.25) is 5.91 Å². The van der Waals surface area contributed by atoms with Crippen LogP contribution in [0.3, 0.4) is 0 Å². The molecule has 0 radical (unpaired) electrons. The minimum atomic E-state index is -0.961. The fraction of sp³-hybridized carbons (Fsp3) is 0.417. The minimum Gasteiger partial charge on any atom is -0.496 e. The Kier molecular flexibility index (Phi) is 4.94. The lowest BCUT2D eigenvalue weighted by molar-refractivity contribution is -0.118. The van der Waals surface area contributed by atoms with Gasteiger partial charge in [-0.05, 0) is 19.1 Å². The number of amides is 1. The third kappa shape index (κ3) is 2.91. The predicted molar refractivity (Wildman–Crippen MR) is 68.0 cm³/mol. The van der Waals surface area contributed by atoms with Crippen molar-refractivity contribution >= 4 is 11.6 Å². The molecule has 1 aromatic rings. The molecule has 0 aliphatic carbocycles. The van der Waals surface area contributed by atoms with Crippen LogP contribution in [0.4, 0.5) is 5.69 Å². The predicted octanol–water partition coefficient (Wildman–Crippen LogP) is 0.270. The van der Waals surface area contributed by atoms with Crippen LogP contribution in [0.2, 0.25) is 0 Å². The molecule has 0 saturated carbocycles. The van der Waals surface area contributed by atoms with E-state index in [1.165, 1.54) is 7.11 Å². The molecule has 0 heterocycles. The van der Waals surface area contributed by atoms with Gasteiger partial charge in [0, 0.05) is 5.56 Å². The normalized spacial score (nSPS) is 11.8. The zero-order chi connectivity index (χ0) is 13.7. The number of nitrogens with one attached hydrogen (secondary N) is 1. The number of benzene rings is 1. The van der Waals surface area contributed by atoms with Gasteiger partial charge in [0.1, 0.15) is 17.5 Å². The second-order valence-corrected chi connectivity index (χ2v) is 3.75. The highest BCUT2D eigenvalue weighted by Gasteiger charge is 2.17. The van der Waals surface area contributed by atoms with Crippen molar-refractivity contribution in [3.8, 4) is 11.5 Å². The smallest absolute Gasteiger partial charge is 0.243 e. The lowest BCUT2D eigenvalue weighted by Crippen LogP contribution is -2.38. The molecular formula is C12H18N2O4. The average Bonchev–Trinajstić information content (AvgIpc) is 2.38. The molecule has 0 spiro atoms. The van der Waals surface area contributed by atoms with E-state index < -0.39 is 18.6 Å². The standard InChI is InChI=1S/C12H18N2O4/c1-7-10(17-2)5-4-9(11(7)18-3)14-12(16)8(13)6-15/h4-5,8,15H,6,13H2,1-3H3,(H,14,16). The largest absolute Gasteiger partial charge is 0.496 e. The van der Waals surface area contributed by atoms with Crippen LogP contribution >= 0.6 is 0 Å². The van der Waals surface area contributed by atoms with Crippen molar-refractivity contribution in [3.63, 3.8) is 0 Å². The molecule has 1 aromatic carbocycles. The molecule has 1 rings (SSSR count). The monoisotopic (exact) mass is 254 g/mol. The van der Waals surface area contributed by atoms with Gasteiger partial charge in [-0.2, -0.15) is 0 Å². The van der Waals surface area contributed by atoms with E-state index in [9.17, 15) is 4.79 Å². The van der Waals surface area contributed by atoms with Crippen molar-refractivity contribution in [2.45, 2.75) is 13.0 Å². The second kappa shape index (κ2) is 6.23. The summed E-state index contributed by atoms with van der Waals surface area (Å²) in [7, 11) is 3.06. The van der Waals surface area contributed by atoms with Crippen molar-refractivity contribution in [2.24, 2.45) is 5.73 Å². The van der Waals surface area contributed by atoms with Crippen LogP contribution in [0.5, 0.6) is 11.5 Å². The number of rotatable bonds is 5. The summed E-state index contributed by atoms with van der Waals surface area (Å²) in [6, 6.07) is 2.42. The number of carbonyl (C=O) groups is 1. The van der Waals surface area contributed by atoms with Crippen molar-refractivity contribution in [1.82, 2.24) is 0 Å². The Morgan fingerprint density at radius 3 is 2.61 bits per heavy atom. The van der Waals surface area contributed by atoms with Crippen LogP contribution in [0.25, 0.3) is 0 Å². The summed E-state index contributed by atoms with van der Waals surface area (Å²) in [6.07, 6.45) is 0. The van der Waals surface area contributed by atoms with E-state index in [2.05, 4.69) is 5.32 Å². The van der Waals surface area contributed by atoms with Crippen LogP contribution in [-0.2, 0) is 4.79 Å². The van der Waals surface area contributed by atoms with Crippen LogP contribution < -0.4 is 20.5 Å². The molecule has 1 unspecified atom stereocenters. The molecule has 1 amide bonds. The first-order valence-corrected chi connectivity index (χ1v) is 5.44. The van der Waals surface area contributed by atoms with Crippen molar-refractivity contribution in [3.05, 3.63) is 17.7 Å². The van der Waals surface area contributed by atoms with Gasteiger partial charge in [0.25, 0.3) is 0 Å². The minimum absolute atomic E-state index is 0.413. The Balaban J connectivity index is 3.03. The first kappa shape index (κ1) is 14.3. The van der Waals surface area contributed by atoms with Gasteiger partial charge in [0.15, 0.2) is 0 Å². The molecule has 0 aliphatic rings. The maximum absolute atomic E-state index is 11.6. The van der Waals surface area contributed by atoms with E-state index in [1.807, 2.05) is 6.92 Å². The topological polar surface area (TPSA) is 93.8 Å². The van der Waals surface area contributed by atoms with E-state index in [-0.39, 0.29) is 0 Å². The maximum atomic E-state index is 11.6. The van der Waals surface area contributed by atoms with Crippen LogP contribution in [0.1, 0.15) is 5.56 Å². The number of hydrogen-bond donors (Lipinski definition) is 3. The molecule has 0 saturated heterocycles. The fourth-order valence-corrected chi connectivity index (χ4v) is 1.56. The molecule has 6 nitrogen and oxygen atoms in total. The Bertz CT molecular complexity index is 434. The lowest BCUT2D eigenvalue weighted by Gasteiger charge is -2.16. The third-order valence-corrected chi connectivity index (χ3v) is 2.57. The van der Waals surface area contributed by atoms with E-state index in [0.29, 0.717) is 17.2 Å². The van der Waals surface area contributed by atoms with Crippen molar-refractivity contribution in [2.75, 3.05) is 26.1 Å². The van der Waals surface area contributed by atoms with Gasteiger partial charge in [-0.25, -0.2) is 0 Å². The summed E-state index contributed by atoms with van der Waals surface area (Å²) in [6.45, 7) is 1.41. The molecule has 6 heteroatoms. The quantitative estimate of drug-likeness (QED) is 0.701. The highest BCUT2D eigenvalue weighted by atomic mass is 16.5. The van der Waals surface area contributed by atoms with Crippen LogP contribution in [0, 0.1) is 6.92 Å². The summed E-state index contributed by atoms with van der Waals surface area (Å²) in [5.41, 5.74) is 6.69. The average molecular weight is 254 g/mol. The molecule has 1 atom stereocenters. The summed E-state index contributed by atoms with van der Waals surface area (Å²) < 4.78 is 10.4. The number of carbonyl (C=O) groups excluding carboxylic acids is 1. The van der Waals surface area contributed by atoms with Gasteiger partial charge in [0.05, 0.1) is 26.5 Å². The molecule has 18 heavy (non-hydrogen) atoms.